The summed E-state index contributed by atoms with van der Waals surface area (Å²) < 4.78 is 5.88. The van der Waals surface area contributed by atoms with Crippen LogP contribution in [0.1, 0.15) is 17.2 Å². The van der Waals surface area contributed by atoms with E-state index in [0.29, 0.717) is 27.0 Å². The fourth-order valence-electron chi connectivity index (χ4n) is 4.33. The molecule has 1 amide bonds. The van der Waals surface area contributed by atoms with Gasteiger partial charge >= 0.3 is 0 Å². The molecule has 1 N–H and O–H groups in total. The zero-order chi connectivity index (χ0) is 23.8. The van der Waals surface area contributed by atoms with Crippen molar-refractivity contribution >= 4 is 49.8 Å². The maximum Gasteiger partial charge on any atom is 0.300 e. The second-order valence-corrected chi connectivity index (χ2v) is 8.65. The predicted molar refractivity (Wildman–Crippen MR) is 134 cm³/mol. The summed E-state index contributed by atoms with van der Waals surface area (Å²) in [7, 11) is 1.54. The van der Waals surface area contributed by atoms with E-state index in [2.05, 4.69) is 20.9 Å². The van der Waals surface area contributed by atoms with Crippen LogP contribution < -0.4 is 9.64 Å². The monoisotopic (exact) mass is 514 g/mol. The van der Waals surface area contributed by atoms with E-state index in [9.17, 15) is 14.7 Å². The number of carbonyl (C=O) groups excluding carboxylic acids is 2. The molecule has 0 radical (unpaired) electrons. The topological polar surface area (TPSA) is 79.7 Å². The zero-order valence-corrected chi connectivity index (χ0v) is 19.7. The average Bonchev–Trinajstić information content (AvgIpc) is 3.14. The van der Waals surface area contributed by atoms with Gasteiger partial charge in [-0.1, -0.05) is 36.4 Å². The Bertz CT molecular complexity index is 1460. The molecule has 1 aliphatic heterocycles. The van der Waals surface area contributed by atoms with Gasteiger partial charge in [-0.05, 0) is 63.3 Å². The van der Waals surface area contributed by atoms with E-state index >= 15 is 0 Å². The number of fused-ring (bicyclic) bond motifs is 1. The average molecular weight is 515 g/mol. The van der Waals surface area contributed by atoms with Crippen LogP contribution in [-0.2, 0) is 9.59 Å². The highest BCUT2D eigenvalue weighted by atomic mass is 79.9. The number of aliphatic hydroxyl groups excluding tert-OH is 1. The lowest BCUT2D eigenvalue weighted by Gasteiger charge is -2.26. The number of rotatable bonds is 4. The van der Waals surface area contributed by atoms with Crippen molar-refractivity contribution in [2.24, 2.45) is 0 Å². The standard InChI is InChI=1S/C27H19BrN2O4/c1-34-22-10-9-18(15-20(22)28)25(31)23-24(17-11-13-29-14-12-17)30(27(33)26(23)32)21-8-4-6-16-5-2-3-7-19(16)21/h2-15,24,31H,1H3/b25-23+. The van der Waals surface area contributed by atoms with Crippen LogP contribution in [0.4, 0.5) is 5.69 Å². The van der Waals surface area contributed by atoms with Crippen LogP contribution in [0.25, 0.3) is 16.5 Å². The molecule has 4 aromatic rings. The smallest absolute Gasteiger partial charge is 0.300 e. The van der Waals surface area contributed by atoms with Crippen LogP contribution in [0.15, 0.2) is 95.2 Å². The predicted octanol–water partition coefficient (Wildman–Crippen LogP) is 5.63. The Labute approximate surface area is 204 Å². The van der Waals surface area contributed by atoms with Crippen molar-refractivity contribution in [1.29, 1.82) is 0 Å². The summed E-state index contributed by atoms with van der Waals surface area (Å²) in [6.45, 7) is 0. The number of anilines is 1. The Balaban J connectivity index is 1.76. The number of halogens is 1. The summed E-state index contributed by atoms with van der Waals surface area (Å²) in [6, 6.07) is 20.9. The number of carbonyl (C=O) groups is 2. The van der Waals surface area contributed by atoms with E-state index in [1.54, 1.807) is 49.8 Å². The number of hydrogen-bond acceptors (Lipinski definition) is 5. The first-order chi connectivity index (χ1) is 16.5. The molecule has 5 rings (SSSR count). The number of ketones is 1. The van der Waals surface area contributed by atoms with E-state index in [0.717, 1.165) is 10.8 Å². The number of aromatic nitrogens is 1. The van der Waals surface area contributed by atoms with Gasteiger partial charge in [0.25, 0.3) is 11.7 Å². The van der Waals surface area contributed by atoms with E-state index < -0.39 is 17.7 Å². The molecule has 2 heterocycles. The number of ether oxygens (including phenoxy) is 1. The van der Waals surface area contributed by atoms with Gasteiger partial charge in [0, 0.05) is 23.3 Å². The summed E-state index contributed by atoms with van der Waals surface area (Å²) in [6.07, 6.45) is 3.20. The highest BCUT2D eigenvalue weighted by Gasteiger charge is 2.47. The highest BCUT2D eigenvalue weighted by molar-refractivity contribution is 9.10. The molecule has 0 saturated carbocycles. The van der Waals surface area contributed by atoms with Gasteiger partial charge in [-0.25, -0.2) is 0 Å². The zero-order valence-electron chi connectivity index (χ0n) is 18.1. The third kappa shape index (κ3) is 3.54. The molecule has 7 heteroatoms. The molecule has 1 aliphatic rings. The molecular weight excluding hydrogens is 496 g/mol. The molecule has 3 aromatic carbocycles. The first-order valence-electron chi connectivity index (χ1n) is 10.5. The van der Waals surface area contributed by atoms with Crippen molar-refractivity contribution < 1.29 is 19.4 Å². The molecule has 6 nitrogen and oxygen atoms in total. The molecule has 0 spiro atoms. The maximum atomic E-state index is 13.4. The molecule has 168 valence electrons. The number of pyridine rings is 1. The Morgan fingerprint density at radius 3 is 2.47 bits per heavy atom. The third-order valence-corrected chi connectivity index (χ3v) is 6.54. The molecule has 0 bridgehead atoms. The number of methoxy groups -OCH3 is 1. The van der Waals surface area contributed by atoms with Gasteiger partial charge in [0.1, 0.15) is 11.5 Å². The summed E-state index contributed by atoms with van der Waals surface area (Å²) >= 11 is 3.42. The molecule has 1 unspecified atom stereocenters. The lowest BCUT2D eigenvalue weighted by molar-refractivity contribution is -0.132. The first-order valence-corrected chi connectivity index (χ1v) is 11.3. The minimum atomic E-state index is -0.824. The van der Waals surface area contributed by atoms with Crippen molar-refractivity contribution in [3.63, 3.8) is 0 Å². The summed E-state index contributed by atoms with van der Waals surface area (Å²) in [5.41, 5.74) is 1.66. The maximum absolute atomic E-state index is 13.4. The van der Waals surface area contributed by atoms with Crippen LogP contribution in [0.5, 0.6) is 5.75 Å². The van der Waals surface area contributed by atoms with Gasteiger partial charge in [0.05, 0.1) is 28.9 Å². The quantitative estimate of drug-likeness (QED) is 0.217. The second kappa shape index (κ2) is 8.76. The van der Waals surface area contributed by atoms with Gasteiger partial charge in [-0.15, -0.1) is 0 Å². The van der Waals surface area contributed by atoms with Crippen molar-refractivity contribution in [3.05, 3.63) is 106 Å². The largest absolute Gasteiger partial charge is 0.507 e. The van der Waals surface area contributed by atoms with Crippen LogP contribution in [0, 0.1) is 0 Å². The van der Waals surface area contributed by atoms with Crippen LogP contribution in [0.2, 0.25) is 0 Å². The lowest BCUT2D eigenvalue weighted by atomic mass is 9.95. The Hall–Kier alpha value is -3.97. The number of hydrogen-bond donors (Lipinski definition) is 1. The minimum Gasteiger partial charge on any atom is -0.507 e. The number of amides is 1. The van der Waals surface area contributed by atoms with Crippen molar-refractivity contribution in [2.75, 3.05) is 12.0 Å². The van der Waals surface area contributed by atoms with E-state index in [4.69, 9.17) is 4.74 Å². The van der Waals surface area contributed by atoms with Crippen LogP contribution >= 0.6 is 15.9 Å². The summed E-state index contributed by atoms with van der Waals surface area (Å²) in [5.74, 6) is -1.13. The number of nitrogens with zero attached hydrogens (tertiary/aromatic N) is 2. The van der Waals surface area contributed by atoms with E-state index in [1.807, 2.05) is 42.5 Å². The van der Waals surface area contributed by atoms with Gasteiger partial charge < -0.3 is 9.84 Å². The SMILES string of the molecule is COc1ccc(/C(O)=C2\C(=O)C(=O)N(c3cccc4ccccc34)C2c2ccncc2)cc1Br. The number of benzene rings is 3. The first kappa shape index (κ1) is 21.9. The fraction of sp³-hybridized carbons (Fsp3) is 0.0741. The second-order valence-electron chi connectivity index (χ2n) is 7.80. The summed E-state index contributed by atoms with van der Waals surface area (Å²) in [5, 5.41) is 13.1. The van der Waals surface area contributed by atoms with E-state index in [-0.39, 0.29) is 11.3 Å². The fourth-order valence-corrected chi connectivity index (χ4v) is 4.87. The Morgan fingerprint density at radius 2 is 1.74 bits per heavy atom. The highest BCUT2D eigenvalue weighted by Crippen LogP contribution is 2.44. The molecule has 1 saturated heterocycles. The molecular formula is C27H19BrN2O4. The molecule has 0 aliphatic carbocycles. The van der Waals surface area contributed by atoms with E-state index in [1.165, 1.54) is 4.90 Å². The van der Waals surface area contributed by atoms with Crippen LogP contribution in [0.3, 0.4) is 0 Å². The third-order valence-electron chi connectivity index (χ3n) is 5.92. The Morgan fingerprint density at radius 1 is 1.00 bits per heavy atom. The lowest BCUT2D eigenvalue weighted by Crippen LogP contribution is -2.29. The number of aliphatic hydroxyl groups is 1. The van der Waals surface area contributed by atoms with Crippen LogP contribution in [-0.4, -0.2) is 28.9 Å². The number of Topliss-reactive ketones (excluding diaryl/α,β-unsaturated/α-hetero) is 1. The summed E-state index contributed by atoms with van der Waals surface area (Å²) in [4.78, 5) is 32.3. The van der Waals surface area contributed by atoms with Crippen molar-refractivity contribution in [1.82, 2.24) is 4.98 Å². The van der Waals surface area contributed by atoms with Gasteiger partial charge in [0.2, 0.25) is 0 Å². The molecule has 1 aromatic heterocycles. The van der Waals surface area contributed by atoms with Gasteiger partial charge in [-0.2, -0.15) is 0 Å². The van der Waals surface area contributed by atoms with Gasteiger partial charge in [0.15, 0.2) is 0 Å². The minimum absolute atomic E-state index is 0.0150. The Kier molecular flexibility index (Phi) is 5.63. The van der Waals surface area contributed by atoms with Crippen molar-refractivity contribution in [3.8, 4) is 5.75 Å². The normalized spacial score (nSPS) is 17.4. The van der Waals surface area contributed by atoms with Crippen molar-refractivity contribution in [2.45, 2.75) is 6.04 Å². The molecule has 34 heavy (non-hydrogen) atoms. The van der Waals surface area contributed by atoms with Gasteiger partial charge in [-0.3, -0.25) is 19.5 Å². The molecule has 1 fully saturated rings. The molecule has 1 atom stereocenters.